The zero-order valence-electron chi connectivity index (χ0n) is 24.0. The number of amides is 2. The summed E-state index contributed by atoms with van der Waals surface area (Å²) in [7, 11) is -0.994. The quantitative estimate of drug-likeness (QED) is 0.217. The van der Waals surface area contributed by atoms with E-state index < -0.39 is 28.4 Å². The summed E-state index contributed by atoms with van der Waals surface area (Å²) >= 11 is 6.03. The van der Waals surface area contributed by atoms with E-state index in [-0.39, 0.29) is 21.8 Å². The normalized spacial score (nSPS) is 11.0. The molecule has 11 heteroatoms. The van der Waals surface area contributed by atoms with Gasteiger partial charge in [-0.3, -0.25) is 13.9 Å². The molecular weight excluding hydrogens is 590 g/mol. The lowest BCUT2D eigenvalue weighted by atomic mass is 10.1. The van der Waals surface area contributed by atoms with Crippen LogP contribution in [0.5, 0.6) is 11.5 Å². The van der Waals surface area contributed by atoms with Crippen molar-refractivity contribution in [3.63, 3.8) is 0 Å². The van der Waals surface area contributed by atoms with Crippen LogP contribution in [0.3, 0.4) is 0 Å². The van der Waals surface area contributed by atoms with Crippen LogP contribution in [0.1, 0.15) is 21.5 Å². The molecular formula is C32H32ClN3O6S. The molecule has 4 aromatic rings. The molecule has 4 aromatic carbocycles. The van der Waals surface area contributed by atoms with E-state index >= 15 is 0 Å². The number of para-hydroxylation sites is 1. The molecule has 0 saturated heterocycles. The summed E-state index contributed by atoms with van der Waals surface area (Å²) in [5.41, 5.74) is 2.59. The lowest BCUT2D eigenvalue weighted by Crippen LogP contribution is -2.38. The first-order chi connectivity index (χ1) is 20.6. The SMILES string of the molecule is COc1ccc(CCNC(=O)c2ccccc2NC(=O)CN(c2ccc(Cl)cc2)S(=O)(=O)c2ccc(C)cc2)cc1OC. The molecule has 4 rings (SSSR count). The fourth-order valence-electron chi connectivity index (χ4n) is 4.32. The van der Waals surface area contributed by atoms with Gasteiger partial charge in [0.1, 0.15) is 6.54 Å². The van der Waals surface area contributed by atoms with Crippen molar-refractivity contribution >= 4 is 44.8 Å². The van der Waals surface area contributed by atoms with Gasteiger partial charge >= 0.3 is 0 Å². The van der Waals surface area contributed by atoms with Crippen molar-refractivity contribution in [2.75, 3.05) is 36.9 Å². The highest BCUT2D eigenvalue weighted by Gasteiger charge is 2.27. The standard InChI is InChI=1S/C32H32ClN3O6S/c1-22-8-15-26(16-9-22)43(39,40)36(25-13-11-24(33)12-14-25)21-31(37)35-28-7-5-4-6-27(28)32(38)34-19-18-23-10-17-29(41-2)30(20-23)42-3/h4-17,20H,18-19,21H2,1-3H3,(H,34,38)(H,35,37). The van der Waals surface area contributed by atoms with Gasteiger partial charge in [0, 0.05) is 11.6 Å². The maximum absolute atomic E-state index is 13.6. The van der Waals surface area contributed by atoms with Crippen molar-refractivity contribution in [3.8, 4) is 11.5 Å². The molecule has 9 nitrogen and oxygen atoms in total. The van der Waals surface area contributed by atoms with Crippen molar-refractivity contribution in [2.24, 2.45) is 0 Å². The average Bonchev–Trinajstić information content (AvgIpc) is 3.00. The molecule has 2 amide bonds. The molecule has 0 fully saturated rings. The van der Waals surface area contributed by atoms with Crippen LogP contribution in [-0.2, 0) is 21.2 Å². The number of ether oxygens (including phenoxy) is 2. The average molecular weight is 622 g/mol. The molecule has 0 bridgehead atoms. The molecule has 0 aliphatic heterocycles. The minimum Gasteiger partial charge on any atom is -0.493 e. The number of methoxy groups -OCH3 is 2. The predicted molar refractivity (Wildman–Crippen MR) is 168 cm³/mol. The predicted octanol–water partition coefficient (Wildman–Crippen LogP) is 5.47. The van der Waals surface area contributed by atoms with Crippen LogP contribution in [0.25, 0.3) is 0 Å². The van der Waals surface area contributed by atoms with Crippen LogP contribution >= 0.6 is 11.6 Å². The third kappa shape index (κ3) is 7.85. The van der Waals surface area contributed by atoms with Gasteiger partial charge in [0.15, 0.2) is 11.5 Å². The van der Waals surface area contributed by atoms with Crippen LogP contribution in [0.4, 0.5) is 11.4 Å². The molecule has 0 atom stereocenters. The number of anilines is 2. The Hall–Kier alpha value is -4.54. The molecule has 0 radical (unpaired) electrons. The molecule has 2 N–H and O–H groups in total. The Morgan fingerprint density at radius 1 is 0.860 bits per heavy atom. The first-order valence-corrected chi connectivity index (χ1v) is 15.2. The van der Waals surface area contributed by atoms with Gasteiger partial charge in [-0.15, -0.1) is 0 Å². The van der Waals surface area contributed by atoms with Crippen molar-refractivity contribution in [2.45, 2.75) is 18.2 Å². The second-order valence-electron chi connectivity index (χ2n) is 9.59. The summed E-state index contributed by atoms with van der Waals surface area (Å²) in [6, 6.07) is 24.6. The third-order valence-corrected chi connectivity index (χ3v) is 8.64. The highest BCUT2D eigenvalue weighted by molar-refractivity contribution is 7.92. The van der Waals surface area contributed by atoms with Crippen LogP contribution in [-0.4, -0.2) is 47.5 Å². The van der Waals surface area contributed by atoms with E-state index in [4.69, 9.17) is 21.1 Å². The Bertz CT molecular complexity index is 1690. The second-order valence-corrected chi connectivity index (χ2v) is 11.9. The number of carbonyl (C=O) groups is 2. The Labute approximate surface area is 256 Å². The van der Waals surface area contributed by atoms with Crippen LogP contribution in [0.2, 0.25) is 5.02 Å². The molecule has 0 aliphatic rings. The monoisotopic (exact) mass is 621 g/mol. The number of hydrogen-bond donors (Lipinski definition) is 2. The van der Waals surface area contributed by atoms with E-state index in [0.29, 0.717) is 29.5 Å². The van der Waals surface area contributed by atoms with E-state index in [9.17, 15) is 18.0 Å². The maximum Gasteiger partial charge on any atom is 0.264 e. The molecule has 0 aromatic heterocycles. The van der Waals surface area contributed by atoms with Gasteiger partial charge in [-0.1, -0.05) is 47.5 Å². The van der Waals surface area contributed by atoms with Gasteiger partial charge in [-0.2, -0.15) is 0 Å². The topological polar surface area (TPSA) is 114 Å². The highest BCUT2D eigenvalue weighted by atomic mass is 35.5. The van der Waals surface area contributed by atoms with Crippen LogP contribution in [0, 0.1) is 6.92 Å². The molecule has 0 saturated carbocycles. The van der Waals surface area contributed by atoms with Crippen molar-refractivity contribution < 1.29 is 27.5 Å². The Balaban J connectivity index is 1.48. The van der Waals surface area contributed by atoms with Gasteiger partial charge < -0.3 is 20.1 Å². The number of carbonyl (C=O) groups excluding carboxylic acids is 2. The molecule has 43 heavy (non-hydrogen) atoms. The Morgan fingerprint density at radius 3 is 2.21 bits per heavy atom. The number of nitrogens with one attached hydrogen (secondary N) is 2. The number of nitrogens with zero attached hydrogens (tertiary/aromatic N) is 1. The number of aryl methyl sites for hydroxylation is 1. The van der Waals surface area contributed by atoms with E-state index in [1.807, 2.05) is 19.1 Å². The Kier molecular flexibility index (Phi) is 10.3. The second kappa shape index (κ2) is 14.1. The summed E-state index contributed by atoms with van der Waals surface area (Å²) in [5.74, 6) is 0.187. The van der Waals surface area contributed by atoms with Crippen molar-refractivity contribution in [1.29, 1.82) is 0 Å². The first kappa shape index (κ1) is 31.4. The van der Waals surface area contributed by atoms with Crippen LogP contribution < -0.4 is 24.4 Å². The smallest absolute Gasteiger partial charge is 0.264 e. The molecule has 0 heterocycles. The number of benzene rings is 4. The minimum absolute atomic E-state index is 0.0371. The molecule has 224 valence electrons. The maximum atomic E-state index is 13.6. The third-order valence-electron chi connectivity index (χ3n) is 6.60. The van der Waals surface area contributed by atoms with Crippen molar-refractivity contribution in [3.05, 3.63) is 113 Å². The number of sulfonamides is 1. The lowest BCUT2D eigenvalue weighted by molar-refractivity contribution is -0.114. The number of hydrogen-bond acceptors (Lipinski definition) is 6. The van der Waals surface area contributed by atoms with Gasteiger partial charge in [0.2, 0.25) is 5.91 Å². The molecule has 0 unspecified atom stereocenters. The minimum atomic E-state index is -4.11. The highest BCUT2D eigenvalue weighted by Crippen LogP contribution is 2.28. The first-order valence-electron chi connectivity index (χ1n) is 13.4. The van der Waals surface area contributed by atoms with Crippen molar-refractivity contribution in [1.82, 2.24) is 5.32 Å². The summed E-state index contributed by atoms with van der Waals surface area (Å²) in [6.45, 7) is 1.65. The van der Waals surface area contributed by atoms with Gasteiger partial charge in [0.05, 0.1) is 36.1 Å². The fraction of sp³-hybridized carbons (Fsp3) is 0.188. The lowest BCUT2D eigenvalue weighted by Gasteiger charge is -2.24. The van der Waals surface area contributed by atoms with Gasteiger partial charge in [-0.05, 0) is 79.6 Å². The summed E-state index contributed by atoms with van der Waals surface area (Å²) in [4.78, 5) is 26.4. The summed E-state index contributed by atoms with van der Waals surface area (Å²) in [5, 5.41) is 6.00. The van der Waals surface area contributed by atoms with E-state index in [1.54, 1.807) is 68.8 Å². The summed E-state index contributed by atoms with van der Waals surface area (Å²) in [6.07, 6.45) is 0.535. The zero-order valence-corrected chi connectivity index (χ0v) is 25.5. The molecule has 0 aliphatic carbocycles. The van der Waals surface area contributed by atoms with E-state index in [0.717, 1.165) is 15.4 Å². The largest absolute Gasteiger partial charge is 0.493 e. The molecule has 0 spiro atoms. The Morgan fingerprint density at radius 2 is 1.53 bits per heavy atom. The summed E-state index contributed by atoms with van der Waals surface area (Å²) < 4.78 is 38.9. The fourth-order valence-corrected chi connectivity index (χ4v) is 5.87. The van der Waals surface area contributed by atoms with Crippen LogP contribution in [0.15, 0.2) is 95.9 Å². The zero-order chi connectivity index (χ0) is 31.0. The van der Waals surface area contributed by atoms with Gasteiger partial charge in [-0.25, -0.2) is 8.42 Å². The number of rotatable bonds is 12. The van der Waals surface area contributed by atoms with E-state index in [1.165, 1.54) is 24.3 Å². The van der Waals surface area contributed by atoms with Gasteiger partial charge in [0.25, 0.3) is 15.9 Å². The van der Waals surface area contributed by atoms with E-state index in [2.05, 4.69) is 10.6 Å². The number of halogens is 1.